The Morgan fingerprint density at radius 1 is 1.00 bits per heavy atom. The standard InChI is InChI=1S/C16H15N3O2S.ClH/c1-12-6-8-13(9-7-12)22(20,21)19-11-10-18-15-5-3-2-4-14(15)17-16(18)19;/h2-9H,10-11H2,1H3;1H. The second-order valence-corrected chi connectivity index (χ2v) is 7.30. The lowest BCUT2D eigenvalue weighted by Gasteiger charge is -2.16. The highest BCUT2D eigenvalue weighted by Crippen LogP contribution is 2.31. The van der Waals surface area contributed by atoms with Crippen molar-refractivity contribution >= 4 is 39.4 Å². The molecule has 0 aliphatic carbocycles. The lowest BCUT2D eigenvalue weighted by Crippen LogP contribution is -2.29. The molecule has 0 spiro atoms. The molecule has 7 heteroatoms. The highest BCUT2D eigenvalue weighted by Gasteiger charge is 2.33. The summed E-state index contributed by atoms with van der Waals surface area (Å²) >= 11 is 0. The molecular formula is C16H16ClN3O2S. The Morgan fingerprint density at radius 3 is 2.43 bits per heavy atom. The first-order valence-electron chi connectivity index (χ1n) is 7.12. The van der Waals surface area contributed by atoms with Crippen LogP contribution in [0.5, 0.6) is 0 Å². The van der Waals surface area contributed by atoms with Crippen LogP contribution >= 0.6 is 12.4 Å². The van der Waals surface area contributed by atoms with Gasteiger partial charge in [-0.2, -0.15) is 0 Å². The summed E-state index contributed by atoms with van der Waals surface area (Å²) in [5.74, 6) is 0.502. The van der Waals surface area contributed by atoms with E-state index in [9.17, 15) is 8.42 Å². The van der Waals surface area contributed by atoms with E-state index in [0.717, 1.165) is 16.6 Å². The molecule has 2 aromatic carbocycles. The number of hydrogen-bond acceptors (Lipinski definition) is 3. The van der Waals surface area contributed by atoms with E-state index >= 15 is 0 Å². The minimum absolute atomic E-state index is 0. The van der Waals surface area contributed by atoms with Gasteiger partial charge in [0.1, 0.15) is 0 Å². The second kappa shape index (κ2) is 5.54. The monoisotopic (exact) mass is 349 g/mol. The third-order valence-corrected chi connectivity index (χ3v) is 5.79. The normalized spacial score (nSPS) is 13.9. The number of fused-ring (bicyclic) bond motifs is 3. The van der Waals surface area contributed by atoms with Gasteiger partial charge in [0, 0.05) is 6.54 Å². The van der Waals surface area contributed by atoms with Gasteiger partial charge in [0.25, 0.3) is 10.0 Å². The molecule has 0 saturated carbocycles. The number of benzene rings is 2. The third-order valence-electron chi connectivity index (χ3n) is 3.99. The second-order valence-electron chi connectivity index (χ2n) is 5.44. The van der Waals surface area contributed by atoms with Crippen molar-refractivity contribution in [3.05, 3.63) is 54.1 Å². The molecule has 120 valence electrons. The van der Waals surface area contributed by atoms with Crippen LogP contribution in [0.2, 0.25) is 0 Å². The van der Waals surface area contributed by atoms with Crippen LogP contribution in [0.25, 0.3) is 11.0 Å². The van der Waals surface area contributed by atoms with Crippen LogP contribution in [0.1, 0.15) is 5.56 Å². The topological polar surface area (TPSA) is 55.2 Å². The first kappa shape index (κ1) is 15.8. The van der Waals surface area contributed by atoms with E-state index < -0.39 is 10.0 Å². The van der Waals surface area contributed by atoms with Crippen molar-refractivity contribution in [3.8, 4) is 0 Å². The molecule has 23 heavy (non-hydrogen) atoms. The molecule has 5 nitrogen and oxygen atoms in total. The number of halogens is 1. The molecule has 0 amide bonds. The number of nitrogens with zero attached hydrogens (tertiary/aromatic N) is 3. The molecule has 1 aromatic heterocycles. The van der Waals surface area contributed by atoms with Crippen molar-refractivity contribution in [1.82, 2.24) is 9.55 Å². The fraction of sp³-hybridized carbons (Fsp3) is 0.188. The number of aryl methyl sites for hydroxylation is 1. The summed E-state index contributed by atoms with van der Waals surface area (Å²) < 4.78 is 29.1. The Morgan fingerprint density at radius 2 is 1.70 bits per heavy atom. The minimum atomic E-state index is -3.57. The average molecular weight is 350 g/mol. The quantitative estimate of drug-likeness (QED) is 0.714. The van der Waals surface area contributed by atoms with E-state index in [-0.39, 0.29) is 12.4 Å². The zero-order chi connectivity index (χ0) is 15.3. The van der Waals surface area contributed by atoms with Gasteiger partial charge < -0.3 is 4.57 Å². The largest absolute Gasteiger partial charge is 0.307 e. The van der Waals surface area contributed by atoms with Crippen LogP contribution in [0.15, 0.2) is 53.4 Å². The number of imidazole rings is 1. The Balaban J connectivity index is 0.00000156. The van der Waals surface area contributed by atoms with Gasteiger partial charge in [-0.1, -0.05) is 29.8 Å². The molecule has 0 saturated heterocycles. The number of hydrogen-bond donors (Lipinski definition) is 0. The van der Waals surface area contributed by atoms with Crippen molar-refractivity contribution < 1.29 is 8.42 Å². The van der Waals surface area contributed by atoms with Gasteiger partial charge >= 0.3 is 0 Å². The van der Waals surface area contributed by atoms with Gasteiger partial charge in [-0.25, -0.2) is 17.7 Å². The third kappa shape index (κ3) is 2.38. The van der Waals surface area contributed by atoms with E-state index in [2.05, 4.69) is 4.98 Å². The molecular weight excluding hydrogens is 334 g/mol. The molecule has 3 aromatic rings. The van der Waals surface area contributed by atoms with Crippen molar-refractivity contribution in [2.75, 3.05) is 10.8 Å². The fourth-order valence-corrected chi connectivity index (χ4v) is 4.24. The Labute approximate surface area is 141 Å². The molecule has 0 radical (unpaired) electrons. The average Bonchev–Trinajstić information content (AvgIpc) is 3.06. The number of sulfonamides is 1. The summed E-state index contributed by atoms with van der Waals surface area (Å²) in [6, 6.07) is 14.6. The summed E-state index contributed by atoms with van der Waals surface area (Å²) in [6.07, 6.45) is 0. The van der Waals surface area contributed by atoms with Gasteiger partial charge in [-0.05, 0) is 31.2 Å². The number of rotatable bonds is 2. The lowest BCUT2D eigenvalue weighted by atomic mass is 10.2. The summed E-state index contributed by atoms with van der Waals surface area (Å²) in [7, 11) is -3.57. The van der Waals surface area contributed by atoms with Crippen molar-refractivity contribution in [3.63, 3.8) is 0 Å². The SMILES string of the molecule is Cc1ccc(S(=O)(=O)N2CCn3c2nc2ccccc23)cc1.Cl. The number of anilines is 1. The zero-order valence-corrected chi connectivity index (χ0v) is 14.1. The first-order chi connectivity index (χ1) is 10.6. The summed E-state index contributed by atoms with van der Waals surface area (Å²) in [6.45, 7) is 2.98. The van der Waals surface area contributed by atoms with Crippen LogP contribution in [0, 0.1) is 6.92 Å². The molecule has 4 rings (SSSR count). The van der Waals surface area contributed by atoms with Crippen LogP contribution in [0.4, 0.5) is 5.95 Å². The summed E-state index contributed by atoms with van der Waals surface area (Å²) in [5, 5.41) is 0. The molecule has 1 aliphatic rings. The van der Waals surface area contributed by atoms with Crippen molar-refractivity contribution in [2.45, 2.75) is 18.4 Å². The van der Waals surface area contributed by atoms with E-state index in [1.165, 1.54) is 4.31 Å². The van der Waals surface area contributed by atoms with Crippen LogP contribution in [-0.2, 0) is 16.6 Å². The molecule has 0 N–H and O–H groups in total. The van der Waals surface area contributed by atoms with Gasteiger partial charge in [-0.3, -0.25) is 0 Å². The summed E-state index contributed by atoms with van der Waals surface area (Å²) in [5.41, 5.74) is 2.83. The maximum absolute atomic E-state index is 12.9. The molecule has 0 fully saturated rings. The lowest BCUT2D eigenvalue weighted by molar-refractivity contribution is 0.592. The van der Waals surface area contributed by atoms with E-state index in [1.807, 2.05) is 47.9 Å². The Kier molecular flexibility index (Phi) is 3.82. The van der Waals surface area contributed by atoms with Crippen molar-refractivity contribution in [1.29, 1.82) is 0 Å². The van der Waals surface area contributed by atoms with Crippen molar-refractivity contribution in [2.24, 2.45) is 0 Å². The van der Waals surface area contributed by atoms with Crippen LogP contribution in [0.3, 0.4) is 0 Å². The van der Waals surface area contributed by atoms with Gasteiger partial charge in [-0.15, -0.1) is 12.4 Å². The van der Waals surface area contributed by atoms with Crippen LogP contribution in [-0.4, -0.2) is 24.5 Å². The predicted octanol–water partition coefficient (Wildman–Crippen LogP) is 2.98. The maximum atomic E-state index is 12.9. The smallest absolute Gasteiger partial charge is 0.266 e. The molecule has 0 unspecified atom stereocenters. The molecule has 0 bridgehead atoms. The summed E-state index contributed by atoms with van der Waals surface area (Å²) in [4.78, 5) is 4.80. The van der Waals surface area contributed by atoms with Gasteiger partial charge in [0.15, 0.2) is 0 Å². The minimum Gasteiger partial charge on any atom is -0.307 e. The maximum Gasteiger partial charge on any atom is 0.266 e. The van der Waals surface area contributed by atoms with Crippen LogP contribution < -0.4 is 4.31 Å². The molecule has 2 heterocycles. The van der Waals surface area contributed by atoms with Gasteiger partial charge in [0.2, 0.25) is 5.95 Å². The van der Waals surface area contributed by atoms with Gasteiger partial charge in [0.05, 0.1) is 22.5 Å². The number of para-hydroxylation sites is 2. The Hall–Kier alpha value is -2.05. The van der Waals surface area contributed by atoms with E-state index in [4.69, 9.17) is 0 Å². The molecule has 1 aliphatic heterocycles. The predicted molar refractivity (Wildman–Crippen MR) is 92.7 cm³/mol. The highest BCUT2D eigenvalue weighted by atomic mass is 35.5. The fourth-order valence-electron chi connectivity index (χ4n) is 2.83. The van der Waals surface area contributed by atoms with E-state index in [0.29, 0.717) is 23.9 Å². The van der Waals surface area contributed by atoms with E-state index in [1.54, 1.807) is 12.1 Å². The first-order valence-corrected chi connectivity index (χ1v) is 8.56. The Bertz CT molecular complexity index is 965. The highest BCUT2D eigenvalue weighted by molar-refractivity contribution is 7.92. The zero-order valence-electron chi connectivity index (χ0n) is 12.5. The number of aromatic nitrogens is 2. The molecule has 0 atom stereocenters.